The van der Waals surface area contributed by atoms with E-state index in [1.165, 1.54) is 6.26 Å². The molecule has 0 saturated carbocycles. The van der Waals surface area contributed by atoms with Gasteiger partial charge >= 0.3 is 0 Å². The van der Waals surface area contributed by atoms with Gasteiger partial charge < -0.3 is 9.32 Å². The average Bonchev–Trinajstić information content (AvgIpc) is 2.85. The smallest absolute Gasteiger partial charge is 0.291 e. The second kappa shape index (κ2) is 6.22. The fourth-order valence-corrected chi connectivity index (χ4v) is 2.71. The Balaban J connectivity index is 2.31. The molecule has 2 aromatic rings. The molecule has 2 heterocycles. The fourth-order valence-electron chi connectivity index (χ4n) is 2.34. The predicted molar refractivity (Wildman–Crippen MR) is 80.3 cm³/mol. The van der Waals surface area contributed by atoms with Gasteiger partial charge in [0.25, 0.3) is 5.91 Å². The summed E-state index contributed by atoms with van der Waals surface area (Å²) < 4.78 is 5.93. The lowest BCUT2D eigenvalue weighted by molar-refractivity contribution is 0.0653. The number of furan rings is 1. The second-order valence-electron chi connectivity index (χ2n) is 4.99. The van der Waals surface area contributed by atoms with E-state index in [0.717, 1.165) is 5.56 Å². The summed E-state index contributed by atoms with van der Waals surface area (Å²) in [5, 5.41) is 0. The number of pyridine rings is 1. The van der Waals surface area contributed by atoms with Crippen LogP contribution in [0.3, 0.4) is 0 Å². The van der Waals surface area contributed by atoms with E-state index in [4.69, 9.17) is 4.42 Å². The van der Waals surface area contributed by atoms with Crippen molar-refractivity contribution in [1.29, 1.82) is 0 Å². The first-order valence-corrected chi connectivity index (χ1v) is 7.21. The molecule has 0 aliphatic heterocycles. The molecule has 0 aromatic carbocycles. The van der Waals surface area contributed by atoms with Crippen LogP contribution in [-0.2, 0) is 0 Å². The second-order valence-corrected chi connectivity index (χ2v) is 5.84. The van der Waals surface area contributed by atoms with E-state index in [9.17, 15) is 4.79 Å². The number of carbonyl (C=O) groups excluding carboxylic acids is 1. The lowest BCUT2D eigenvalue weighted by Crippen LogP contribution is -2.34. The summed E-state index contributed by atoms with van der Waals surface area (Å²) in [6.07, 6.45) is 5.02. The van der Waals surface area contributed by atoms with Gasteiger partial charge in [0.05, 0.1) is 16.8 Å². The minimum atomic E-state index is -0.149. The largest absolute Gasteiger partial charge is 0.458 e. The van der Waals surface area contributed by atoms with E-state index >= 15 is 0 Å². The Morgan fingerprint density at radius 1 is 1.40 bits per heavy atom. The van der Waals surface area contributed by atoms with Crippen molar-refractivity contribution in [3.8, 4) is 0 Å². The summed E-state index contributed by atoms with van der Waals surface area (Å²) in [5.74, 6) is 0.438. The van der Waals surface area contributed by atoms with Crippen LogP contribution in [0.25, 0.3) is 0 Å². The van der Waals surface area contributed by atoms with Crippen LogP contribution in [0.2, 0.25) is 0 Å². The predicted octanol–water partition coefficient (Wildman–Crippen LogP) is 3.91. The SMILES string of the molecule is CC(C)[C@H](c1cccnc1)N(C)C(=O)c1occc1Br. The third-order valence-electron chi connectivity index (χ3n) is 3.21. The summed E-state index contributed by atoms with van der Waals surface area (Å²) in [7, 11) is 1.79. The Morgan fingerprint density at radius 3 is 2.65 bits per heavy atom. The first-order valence-electron chi connectivity index (χ1n) is 6.42. The first kappa shape index (κ1) is 14.8. The van der Waals surface area contributed by atoms with Crippen LogP contribution < -0.4 is 0 Å². The van der Waals surface area contributed by atoms with Crippen LogP contribution >= 0.6 is 15.9 Å². The molecule has 0 radical (unpaired) electrons. The number of hydrogen-bond donors (Lipinski definition) is 0. The summed E-state index contributed by atoms with van der Waals surface area (Å²) >= 11 is 3.32. The van der Waals surface area contributed by atoms with E-state index in [2.05, 4.69) is 34.8 Å². The molecule has 0 spiro atoms. The van der Waals surface area contributed by atoms with Crippen LogP contribution in [0.4, 0.5) is 0 Å². The molecule has 0 fully saturated rings. The van der Waals surface area contributed by atoms with Gasteiger partial charge in [-0.25, -0.2) is 0 Å². The van der Waals surface area contributed by atoms with Crippen LogP contribution in [0, 0.1) is 5.92 Å². The molecule has 5 heteroatoms. The normalized spacial score (nSPS) is 12.4. The molecule has 2 aromatic heterocycles. The van der Waals surface area contributed by atoms with Crippen LogP contribution in [0.15, 0.2) is 45.7 Å². The van der Waals surface area contributed by atoms with E-state index in [1.54, 1.807) is 30.4 Å². The van der Waals surface area contributed by atoms with Gasteiger partial charge in [0.15, 0.2) is 0 Å². The van der Waals surface area contributed by atoms with Crippen molar-refractivity contribution in [2.75, 3.05) is 7.05 Å². The van der Waals surface area contributed by atoms with Gasteiger partial charge in [0.2, 0.25) is 5.76 Å². The van der Waals surface area contributed by atoms with E-state index in [1.807, 2.05) is 12.1 Å². The average molecular weight is 337 g/mol. The van der Waals surface area contributed by atoms with E-state index in [0.29, 0.717) is 10.2 Å². The third kappa shape index (κ3) is 2.93. The highest BCUT2D eigenvalue weighted by atomic mass is 79.9. The maximum Gasteiger partial charge on any atom is 0.291 e. The van der Waals surface area contributed by atoms with E-state index < -0.39 is 0 Å². The lowest BCUT2D eigenvalue weighted by atomic mass is 9.96. The van der Waals surface area contributed by atoms with Crippen LogP contribution in [-0.4, -0.2) is 22.8 Å². The third-order valence-corrected chi connectivity index (χ3v) is 3.83. The minimum Gasteiger partial charge on any atom is -0.458 e. The molecule has 20 heavy (non-hydrogen) atoms. The van der Waals surface area contributed by atoms with Crippen molar-refractivity contribution in [1.82, 2.24) is 9.88 Å². The van der Waals surface area contributed by atoms with E-state index in [-0.39, 0.29) is 17.9 Å². The summed E-state index contributed by atoms with van der Waals surface area (Å²) in [6, 6.07) is 5.54. The number of aromatic nitrogens is 1. The molecule has 1 amide bonds. The van der Waals surface area contributed by atoms with Gasteiger partial charge in [0.1, 0.15) is 0 Å². The van der Waals surface area contributed by atoms with Gasteiger partial charge in [-0.05, 0) is 39.5 Å². The maximum atomic E-state index is 12.5. The Bertz CT molecular complexity index is 581. The van der Waals surface area contributed by atoms with Crippen molar-refractivity contribution >= 4 is 21.8 Å². The Labute approximate surface area is 126 Å². The molecule has 4 nitrogen and oxygen atoms in total. The zero-order chi connectivity index (χ0) is 14.7. The molecule has 0 unspecified atom stereocenters. The Hall–Kier alpha value is -1.62. The molecule has 0 N–H and O–H groups in total. The van der Waals surface area contributed by atoms with Gasteiger partial charge in [-0.1, -0.05) is 19.9 Å². The van der Waals surface area contributed by atoms with Crippen molar-refractivity contribution in [3.05, 3.63) is 52.7 Å². The Kier molecular flexibility index (Phi) is 4.60. The maximum absolute atomic E-state index is 12.5. The highest BCUT2D eigenvalue weighted by Gasteiger charge is 2.28. The molecule has 106 valence electrons. The number of amides is 1. The van der Waals surface area contributed by atoms with Gasteiger partial charge in [-0.2, -0.15) is 0 Å². The Morgan fingerprint density at radius 2 is 2.15 bits per heavy atom. The summed E-state index contributed by atoms with van der Waals surface area (Å²) in [6.45, 7) is 4.16. The molecule has 1 atom stereocenters. The van der Waals surface area contributed by atoms with Crippen molar-refractivity contribution in [2.24, 2.45) is 5.92 Å². The van der Waals surface area contributed by atoms with Gasteiger partial charge in [-0.3, -0.25) is 9.78 Å². The number of halogens is 1. The number of carbonyl (C=O) groups is 1. The van der Waals surface area contributed by atoms with Gasteiger partial charge in [0, 0.05) is 19.4 Å². The van der Waals surface area contributed by atoms with Crippen LogP contribution in [0.5, 0.6) is 0 Å². The molecule has 0 aliphatic carbocycles. The monoisotopic (exact) mass is 336 g/mol. The fraction of sp³-hybridized carbons (Fsp3) is 0.333. The lowest BCUT2D eigenvalue weighted by Gasteiger charge is -2.31. The van der Waals surface area contributed by atoms with Crippen molar-refractivity contribution in [3.63, 3.8) is 0 Å². The highest BCUT2D eigenvalue weighted by molar-refractivity contribution is 9.10. The summed E-state index contributed by atoms with van der Waals surface area (Å²) in [4.78, 5) is 18.4. The molecular formula is C15H17BrN2O2. The molecule has 0 aliphatic rings. The first-order chi connectivity index (χ1) is 9.52. The molecular weight excluding hydrogens is 320 g/mol. The van der Waals surface area contributed by atoms with Crippen molar-refractivity contribution < 1.29 is 9.21 Å². The topological polar surface area (TPSA) is 46.3 Å². The zero-order valence-corrected chi connectivity index (χ0v) is 13.3. The van der Waals surface area contributed by atoms with Crippen LogP contribution in [0.1, 0.15) is 36.0 Å². The molecule has 2 rings (SSSR count). The quantitative estimate of drug-likeness (QED) is 0.850. The zero-order valence-electron chi connectivity index (χ0n) is 11.7. The summed E-state index contributed by atoms with van der Waals surface area (Å²) in [5.41, 5.74) is 1.01. The van der Waals surface area contributed by atoms with Crippen molar-refractivity contribution in [2.45, 2.75) is 19.9 Å². The number of rotatable bonds is 4. The number of hydrogen-bond acceptors (Lipinski definition) is 3. The molecule has 0 bridgehead atoms. The minimum absolute atomic E-state index is 0.0480. The van der Waals surface area contributed by atoms with Gasteiger partial charge in [-0.15, -0.1) is 0 Å². The highest BCUT2D eigenvalue weighted by Crippen LogP contribution is 2.29. The molecule has 0 saturated heterocycles. The number of nitrogens with zero attached hydrogens (tertiary/aromatic N) is 2. The standard InChI is InChI=1S/C15H17BrN2O2/c1-10(2)13(11-5-4-7-17-9-11)18(3)15(19)14-12(16)6-8-20-14/h4-10,13H,1-3H3/t13-/m1/s1.